The normalized spacial score (nSPS) is 13.4. The highest BCUT2D eigenvalue weighted by atomic mass is 15.1. The molecule has 66 valence electrons. The van der Waals surface area contributed by atoms with Crippen LogP contribution in [-0.2, 0) is 6.42 Å². The number of hydrogen-bond donors (Lipinski definition) is 0. The molecule has 1 aliphatic heterocycles. The summed E-state index contributed by atoms with van der Waals surface area (Å²) in [5.41, 5.74) is 2.72. The number of pyridine rings is 1. The number of rotatable bonds is 0. The lowest BCUT2D eigenvalue weighted by Crippen LogP contribution is -2.12. The van der Waals surface area contributed by atoms with Gasteiger partial charge in [-0.1, -0.05) is 13.8 Å². The fraction of sp³-hybridized carbons (Fsp3) is 0.500. The molecule has 0 N–H and O–H groups in total. The van der Waals surface area contributed by atoms with E-state index in [0.717, 1.165) is 13.0 Å². The molecule has 0 spiro atoms. The molecule has 1 aromatic heterocycles. The van der Waals surface area contributed by atoms with E-state index in [-0.39, 0.29) is 0 Å². The lowest BCUT2D eigenvalue weighted by atomic mass is 10.2. The van der Waals surface area contributed by atoms with Crippen molar-refractivity contribution in [1.29, 1.82) is 0 Å². The van der Waals surface area contributed by atoms with Gasteiger partial charge in [0, 0.05) is 31.7 Å². The molecule has 0 saturated heterocycles. The number of aromatic nitrogens is 1. The molecule has 0 bridgehead atoms. The van der Waals surface area contributed by atoms with E-state index in [4.69, 9.17) is 0 Å². The molecule has 0 saturated carbocycles. The molecule has 2 heteroatoms. The number of anilines is 1. The topological polar surface area (TPSA) is 16.1 Å². The average Bonchev–Trinajstić information content (AvgIpc) is 2.53. The minimum absolute atomic E-state index is 1.14. The molecule has 0 aromatic carbocycles. The number of hydrogen-bond acceptors (Lipinski definition) is 2. The summed E-state index contributed by atoms with van der Waals surface area (Å²) in [6.45, 7) is 5.14. The second-order valence-electron chi connectivity index (χ2n) is 2.68. The summed E-state index contributed by atoms with van der Waals surface area (Å²) in [5.74, 6) is 0. The summed E-state index contributed by atoms with van der Waals surface area (Å²) >= 11 is 0. The summed E-state index contributed by atoms with van der Waals surface area (Å²) < 4.78 is 0. The number of nitrogens with zero attached hydrogens (tertiary/aromatic N) is 2. The molecular weight excluding hydrogens is 148 g/mol. The molecule has 12 heavy (non-hydrogen) atoms. The van der Waals surface area contributed by atoms with Crippen LogP contribution in [0.5, 0.6) is 0 Å². The third kappa shape index (κ3) is 1.58. The summed E-state index contributed by atoms with van der Waals surface area (Å²) in [6, 6.07) is 2.07. The summed E-state index contributed by atoms with van der Waals surface area (Å²) in [7, 11) is 2.12. The van der Waals surface area contributed by atoms with Crippen molar-refractivity contribution in [3.05, 3.63) is 24.0 Å². The summed E-state index contributed by atoms with van der Waals surface area (Å²) in [4.78, 5) is 6.33. The Morgan fingerprint density at radius 2 is 2.17 bits per heavy atom. The number of likely N-dealkylation sites (N-methyl/N-ethyl adjacent to an activating group) is 1. The van der Waals surface area contributed by atoms with Crippen LogP contribution in [0.3, 0.4) is 0 Å². The van der Waals surface area contributed by atoms with Gasteiger partial charge < -0.3 is 4.90 Å². The van der Waals surface area contributed by atoms with Crippen molar-refractivity contribution in [3.8, 4) is 0 Å². The lowest BCUT2D eigenvalue weighted by Gasteiger charge is -2.09. The van der Waals surface area contributed by atoms with E-state index >= 15 is 0 Å². The van der Waals surface area contributed by atoms with Gasteiger partial charge >= 0.3 is 0 Å². The summed E-state index contributed by atoms with van der Waals surface area (Å²) in [5, 5.41) is 0. The molecule has 0 atom stereocenters. The molecule has 0 unspecified atom stereocenters. The van der Waals surface area contributed by atoms with Gasteiger partial charge in [-0.15, -0.1) is 0 Å². The fourth-order valence-corrected chi connectivity index (χ4v) is 1.39. The van der Waals surface area contributed by atoms with E-state index in [1.807, 2.05) is 26.2 Å². The lowest BCUT2D eigenvalue weighted by molar-refractivity contribution is 0.955. The quantitative estimate of drug-likeness (QED) is 0.583. The zero-order valence-corrected chi connectivity index (χ0v) is 8.04. The third-order valence-corrected chi connectivity index (χ3v) is 2.01. The Morgan fingerprint density at radius 3 is 2.83 bits per heavy atom. The Hall–Kier alpha value is -1.05. The third-order valence-electron chi connectivity index (χ3n) is 2.01. The molecule has 0 fully saturated rings. The standard InChI is InChI=1S/C8H10N2.C2H6/c1-10-5-3-7-6-9-4-2-8(7)10;1-2/h2,4,6H,3,5H2,1H3;1-2H3. The largest absolute Gasteiger partial charge is 0.374 e. The molecule has 2 rings (SSSR count). The van der Waals surface area contributed by atoms with Crippen molar-refractivity contribution in [3.63, 3.8) is 0 Å². The molecule has 0 radical (unpaired) electrons. The Kier molecular flexibility index (Phi) is 3.09. The Bertz CT molecular complexity index is 245. The van der Waals surface area contributed by atoms with Crippen molar-refractivity contribution in [2.45, 2.75) is 20.3 Å². The van der Waals surface area contributed by atoms with Crippen LogP contribution in [0.4, 0.5) is 5.69 Å². The van der Waals surface area contributed by atoms with Crippen LogP contribution in [0.15, 0.2) is 18.5 Å². The first-order chi connectivity index (χ1) is 5.88. The first-order valence-electron chi connectivity index (χ1n) is 4.52. The van der Waals surface area contributed by atoms with Crippen molar-refractivity contribution >= 4 is 5.69 Å². The molecule has 1 aliphatic rings. The minimum atomic E-state index is 1.14. The average molecular weight is 164 g/mol. The van der Waals surface area contributed by atoms with E-state index in [0.29, 0.717) is 0 Å². The maximum Gasteiger partial charge on any atom is 0.0427 e. The highest BCUT2D eigenvalue weighted by Crippen LogP contribution is 2.24. The van der Waals surface area contributed by atoms with Crippen LogP contribution in [0.25, 0.3) is 0 Å². The van der Waals surface area contributed by atoms with Crippen molar-refractivity contribution < 1.29 is 0 Å². The van der Waals surface area contributed by atoms with Crippen molar-refractivity contribution in [1.82, 2.24) is 4.98 Å². The zero-order chi connectivity index (χ0) is 8.97. The van der Waals surface area contributed by atoms with E-state index in [9.17, 15) is 0 Å². The minimum Gasteiger partial charge on any atom is -0.374 e. The van der Waals surface area contributed by atoms with Gasteiger partial charge in [-0.05, 0) is 18.1 Å². The van der Waals surface area contributed by atoms with Gasteiger partial charge in [0.25, 0.3) is 0 Å². The van der Waals surface area contributed by atoms with E-state index in [1.54, 1.807) is 0 Å². The number of fused-ring (bicyclic) bond motifs is 1. The van der Waals surface area contributed by atoms with Gasteiger partial charge in [0.2, 0.25) is 0 Å². The van der Waals surface area contributed by atoms with Gasteiger partial charge in [-0.2, -0.15) is 0 Å². The highest BCUT2D eigenvalue weighted by molar-refractivity contribution is 5.55. The SMILES string of the molecule is CC.CN1CCc2cnccc21. The van der Waals surface area contributed by atoms with Gasteiger partial charge in [0.05, 0.1) is 0 Å². The Morgan fingerprint density at radius 1 is 1.42 bits per heavy atom. The van der Waals surface area contributed by atoms with E-state index in [1.165, 1.54) is 11.3 Å². The molecule has 0 aliphatic carbocycles. The Labute approximate surface area is 74.2 Å². The van der Waals surface area contributed by atoms with Gasteiger partial charge in [-0.25, -0.2) is 0 Å². The molecule has 0 amide bonds. The van der Waals surface area contributed by atoms with Gasteiger partial charge in [-0.3, -0.25) is 4.98 Å². The van der Waals surface area contributed by atoms with Gasteiger partial charge in [0.1, 0.15) is 0 Å². The second-order valence-corrected chi connectivity index (χ2v) is 2.68. The van der Waals surface area contributed by atoms with Crippen LogP contribution in [-0.4, -0.2) is 18.6 Å². The molecule has 2 heterocycles. The second kappa shape index (κ2) is 4.10. The summed E-state index contributed by atoms with van der Waals surface area (Å²) in [6.07, 6.45) is 4.96. The molecule has 2 nitrogen and oxygen atoms in total. The molecular formula is C10H16N2. The smallest absolute Gasteiger partial charge is 0.0427 e. The Balaban J connectivity index is 0.000000336. The fourth-order valence-electron chi connectivity index (χ4n) is 1.39. The maximum atomic E-state index is 4.06. The highest BCUT2D eigenvalue weighted by Gasteiger charge is 2.13. The predicted octanol–water partition coefficient (Wildman–Crippen LogP) is 2.10. The zero-order valence-electron chi connectivity index (χ0n) is 8.04. The van der Waals surface area contributed by atoms with Crippen LogP contribution < -0.4 is 4.90 Å². The maximum absolute atomic E-state index is 4.06. The van der Waals surface area contributed by atoms with Crippen LogP contribution in [0.1, 0.15) is 19.4 Å². The monoisotopic (exact) mass is 164 g/mol. The van der Waals surface area contributed by atoms with E-state index < -0.39 is 0 Å². The van der Waals surface area contributed by atoms with Crippen molar-refractivity contribution in [2.75, 3.05) is 18.5 Å². The first kappa shape index (κ1) is 9.04. The predicted molar refractivity (Wildman–Crippen MR) is 52.6 cm³/mol. The molecule has 1 aromatic rings. The van der Waals surface area contributed by atoms with Crippen LogP contribution in [0.2, 0.25) is 0 Å². The van der Waals surface area contributed by atoms with Crippen LogP contribution in [0, 0.1) is 0 Å². The van der Waals surface area contributed by atoms with E-state index in [2.05, 4.69) is 23.0 Å². The van der Waals surface area contributed by atoms with Crippen LogP contribution >= 0.6 is 0 Å². The van der Waals surface area contributed by atoms with Crippen molar-refractivity contribution in [2.24, 2.45) is 0 Å². The first-order valence-corrected chi connectivity index (χ1v) is 4.52. The van der Waals surface area contributed by atoms with Gasteiger partial charge in [0.15, 0.2) is 0 Å².